The molecular weight excluding hydrogens is 999 g/mol. The molecule has 1 aliphatic carbocycles. The molecule has 0 aliphatic heterocycles. The molecule has 14 heteroatoms. The highest BCUT2D eigenvalue weighted by Gasteiger charge is 2.59. The van der Waals surface area contributed by atoms with Gasteiger partial charge in [-0.2, -0.15) is 0 Å². The summed E-state index contributed by atoms with van der Waals surface area (Å²) < 4.78 is 100. The van der Waals surface area contributed by atoms with Crippen molar-refractivity contribution < 1.29 is 55.6 Å². The van der Waals surface area contributed by atoms with E-state index in [0.717, 1.165) is 33.4 Å². The largest absolute Gasteiger partial charge is 0.497 e. The number of hydrogen-bond acceptors (Lipinski definition) is 12. The molecule has 392 valence electrons. The van der Waals surface area contributed by atoms with Crippen molar-refractivity contribution in [3.05, 3.63) is 264 Å². The SMILES string of the molecule is COc1ccc(P(=O)(OCc2ccccc2)O[C@@H]2[C@@H](OCc3ccccc3)[C@H](OCc3ccccc3)[C@@H](OCc3ccccc3)[C@H](OCc3ccccc3)[C@@H]2OP(=O)(OCc2ccccc2)c2ccc(OC)cc2)cc1. The summed E-state index contributed by atoms with van der Waals surface area (Å²) in [5, 5.41) is 0.434. The van der Waals surface area contributed by atoms with Gasteiger partial charge >= 0.3 is 15.2 Å². The third kappa shape index (κ3) is 14.5. The molecule has 12 nitrogen and oxygen atoms in total. The molecule has 0 radical (unpaired) electrons. The molecule has 8 atom stereocenters. The van der Waals surface area contributed by atoms with Crippen LogP contribution in [0.2, 0.25) is 0 Å². The van der Waals surface area contributed by atoms with Crippen LogP contribution in [0.1, 0.15) is 33.4 Å². The molecule has 76 heavy (non-hydrogen) atoms. The first-order valence-corrected chi connectivity index (χ1v) is 28.2. The summed E-state index contributed by atoms with van der Waals surface area (Å²) in [6.07, 6.45) is -7.40. The lowest BCUT2D eigenvalue weighted by molar-refractivity contribution is -0.266. The van der Waals surface area contributed by atoms with Gasteiger partial charge in [0.05, 0.1) is 64.5 Å². The minimum absolute atomic E-state index is 0.0442. The Kier molecular flexibility index (Phi) is 19.3. The highest BCUT2D eigenvalue weighted by molar-refractivity contribution is 7.62. The Morgan fingerprint density at radius 2 is 0.513 bits per heavy atom. The van der Waals surface area contributed by atoms with E-state index in [9.17, 15) is 0 Å². The molecule has 1 fully saturated rings. The van der Waals surface area contributed by atoms with Crippen LogP contribution in [0.4, 0.5) is 0 Å². The van der Waals surface area contributed by atoms with E-state index in [4.69, 9.17) is 46.5 Å². The van der Waals surface area contributed by atoms with Gasteiger partial charge in [-0.15, -0.1) is 0 Å². The van der Waals surface area contributed by atoms with Crippen LogP contribution >= 0.6 is 15.2 Å². The molecule has 8 aromatic carbocycles. The number of ether oxygens (including phenoxy) is 6. The van der Waals surface area contributed by atoms with Crippen molar-refractivity contribution in [1.29, 1.82) is 0 Å². The minimum Gasteiger partial charge on any atom is -0.497 e. The van der Waals surface area contributed by atoms with Crippen LogP contribution in [0.25, 0.3) is 0 Å². The van der Waals surface area contributed by atoms with Crippen molar-refractivity contribution in [2.24, 2.45) is 0 Å². The zero-order valence-electron chi connectivity index (χ0n) is 42.4. The molecule has 0 spiro atoms. The summed E-state index contributed by atoms with van der Waals surface area (Å²) in [6.45, 7) is 0.0961. The van der Waals surface area contributed by atoms with Gasteiger partial charge in [0.2, 0.25) is 0 Å². The smallest absolute Gasteiger partial charge is 0.362 e. The van der Waals surface area contributed by atoms with Crippen molar-refractivity contribution in [2.45, 2.75) is 76.3 Å². The van der Waals surface area contributed by atoms with E-state index in [1.165, 1.54) is 0 Å². The first-order valence-electron chi connectivity index (χ1n) is 25.1. The maximum absolute atomic E-state index is 16.4. The summed E-state index contributed by atoms with van der Waals surface area (Å²) in [5.41, 5.74) is 4.90. The first kappa shape index (κ1) is 54.3. The molecule has 1 saturated carbocycles. The van der Waals surface area contributed by atoms with Crippen LogP contribution in [0.5, 0.6) is 11.5 Å². The molecule has 0 aromatic heterocycles. The summed E-state index contributed by atoms with van der Waals surface area (Å²) in [4.78, 5) is 0. The molecular formula is C62H62O12P2. The summed E-state index contributed by atoms with van der Waals surface area (Å²) in [6, 6.07) is 71.0. The van der Waals surface area contributed by atoms with Crippen molar-refractivity contribution in [3.63, 3.8) is 0 Å². The van der Waals surface area contributed by atoms with E-state index in [1.807, 2.05) is 182 Å². The van der Waals surface area contributed by atoms with Crippen molar-refractivity contribution >= 4 is 25.8 Å². The minimum atomic E-state index is -4.52. The standard InChI is InChI=1S/C62H62O12P2/c1-65-53-33-37-55(38-34-53)75(63,71-45-51-29-17-7-18-30-51)73-61-59(69-43-49-25-13-5-14-26-49)57(67-41-47-21-9-3-10-22-47)58(68-42-48-23-11-4-12-24-48)60(70-44-50-27-15-6-16-28-50)62(61)74-76(64,56-39-35-54(66-2)36-40-56)72-46-52-31-19-8-20-32-52/h3-40,57-62H,41-46H2,1-2H3/t57-,58-,59+,60+,61-,62+,75?,76?/m1/s1. The van der Waals surface area contributed by atoms with Gasteiger partial charge in [-0.1, -0.05) is 182 Å². The molecule has 8 aromatic rings. The van der Waals surface area contributed by atoms with E-state index in [-0.39, 0.29) is 50.3 Å². The fraction of sp³-hybridized carbons (Fsp3) is 0.226. The lowest BCUT2D eigenvalue weighted by Gasteiger charge is -2.50. The Labute approximate surface area is 445 Å². The lowest BCUT2D eigenvalue weighted by Crippen LogP contribution is -2.67. The summed E-state index contributed by atoms with van der Waals surface area (Å²) in [5.74, 6) is 1.05. The average Bonchev–Trinajstić information content (AvgIpc) is 3.51. The van der Waals surface area contributed by atoms with E-state index < -0.39 is 51.8 Å². The van der Waals surface area contributed by atoms with Crippen LogP contribution in [0.3, 0.4) is 0 Å². The van der Waals surface area contributed by atoms with E-state index in [0.29, 0.717) is 11.5 Å². The van der Waals surface area contributed by atoms with Crippen LogP contribution in [-0.2, 0) is 85.8 Å². The first-order chi connectivity index (χ1) is 37.3. The van der Waals surface area contributed by atoms with E-state index >= 15 is 9.13 Å². The Morgan fingerprint density at radius 1 is 0.289 bits per heavy atom. The van der Waals surface area contributed by atoms with Gasteiger partial charge < -0.3 is 37.5 Å². The molecule has 9 rings (SSSR count). The van der Waals surface area contributed by atoms with E-state index in [1.54, 1.807) is 62.8 Å². The molecule has 0 saturated heterocycles. The van der Waals surface area contributed by atoms with Gasteiger partial charge in [-0.3, -0.25) is 18.2 Å². The van der Waals surface area contributed by atoms with Gasteiger partial charge in [-0.05, 0) is 81.9 Å². The summed E-state index contributed by atoms with van der Waals surface area (Å²) >= 11 is 0. The van der Waals surface area contributed by atoms with Gasteiger partial charge in [0.25, 0.3) is 0 Å². The Morgan fingerprint density at radius 3 is 0.750 bits per heavy atom. The fourth-order valence-corrected chi connectivity index (χ4v) is 12.3. The van der Waals surface area contributed by atoms with Crippen molar-refractivity contribution in [2.75, 3.05) is 14.2 Å². The molecule has 1 aliphatic rings. The zero-order chi connectivity index (χ0) is 52.4. The van der Waals surface area contributed by atoms with Crippen molar-refractivity contribution in [3.8, 4) is 11.5 Å². The van der Waals surface area contributed by atoms with E-state index in [2.05, 4.69) is 0 Å². The van der Waals surface area contributed by atoms with Gasteiger partial charge in [0.1, 0.15) is 48.1 Å². The maximum atomic E-state index is 16.4. The third-order valence-electron chi connectivity index (χ3n) is 12.9. The highest BCUT2D eigenvalue weighted by atomic mass is 31.2. The Hall–Kier alpha value is -6.50. The Balaban J connectivity index is 1.26. The number of benzene rings is 8. The monoisotopic (exact) mass is 1060 g/mol. The van der Waals surface area contributed by atoms with Crippen molar-refractivity contribution in [1.82, 2.24) is 0 Å². The predicted octanol–water partition coefficient (Wildman–Crippen LogP) is 12.6. The number of rotatable bonds is 26. The third-order valence-corrected chi connectivity index (χ3v) is 16.7. The zero-order valence-corrected chi connectivity index (χ0v) is 44.2. The molecule has 0 N–H and O–H groups in total. The maximum Gasteiger partial charge on any atom is 0.362 e. The number of methoxy groups -OCH3 is 2. The predicted molar refractivity (Wildman–Crippen MR) is 293 cm³/mol. The average molecular weight is 1060 g/mol. The molecule has 2 unspecified atom stereocenters. The topological polar surface area (TPSA) is 126 Å². The van der Waals surface area contributed by atoms with Crippen LogP contribution in [-0.4, -0.2) is 50.8 Å². The van der Waals surface area contributed by atoms with Gasteiger partial charge in [0, 0.05) is 0 Å². The fourth-order valence-electron chi connectivity index (χ4n) is 8.84. The normalized spacial score (nSPS) is 20.0. The second kappa shape index (κ2) is 27.0. The second-order valence-electron chi connectivity index (χ2n) is 18.1. The highest BCUT2D eigenvalue weighted by Crippen LogP contribution is 2.56. The Bertz CT molecular complexity index is 2840. The molecule has 0 heterocycles. The number of hydrogen-bond donors (Lipinski definition) is 0. The van der Waals surface area contributed by atoms with Gasteiger partial charge in [0.15, 0.2) is 0 Å². The summed E-state index contributed by atoms with van der Waals surface area (Å²) in [7, 11) is -5.94. The van der Waals surface area contributed by atoms with Crippen LogP contribution < -0.4 is 20.1 Å². The van der Waals surface area contributed by atoms with Crippen LogP contribution in [0, 0.1) is 0 Å². The lowest BCUT2D eigenvalue weighted by atomic mass is 9.84. The molecule has 0 amide bonds. The van der Waals surface area contributed by atoms with Gasteiger partial charge in [-0.25, -0.2) is 0 Å². The quantitative estimate of drug-likeness (QED) is 0.0479. The molecule has 0 bridgehead atoms. The second-order valence-corrected chi connectivity index (χ2v) is 22.1. The van der Waals surface area contributed by atoms with Crippen LogP contribution in [0.15, 0.2) is 231 Å².